The Morgan fingerprint density at radius 2 is 2.00 bits per heavy atom. The second-order valence-electron chi connectivity index (χ2n) is 3.41. The third kappa shape index (κ3) is 2.60. The summed E-state index contributed by atoms with van der Waals surface area (Å²) in [5.41, 5.74) is 10.8. The van der Waals surface area contributed by atoms with E-state index in [1.165, 1.54) is 6.07 Å². The molecule has 1 atom stereocenters. The lowest BCUT2D eigenvalue weighted by molar-refractivity contribution is -0.137. The summed E-state index contributed by atoms with van der Waals surface area (Å²) in [5, 5.41) is 18.1. The number of benzene rings is 1. The maximum absolute atomic E-state index is 13.0. The minimum atomic E-state index is -1.06. The molecule has 16 heavy (non-hydrogen) atoms. The number of aliphatic hydroxyl groups is 1. The zero-order valence-corrected chi connectivity index (χ0v) is 8.48. The molecule has 0 radical (unpaired) electrons. The highest BCUT2D eigenvalue weighted by atomic mass is 19.1. The van der Waals surface area contributed by atoms with Crippen molar-refractivity contribution in [3.63, 3.8) is 0 Å². The van der Waals surface area contributed by atoms with E-state index in [9.17, 15) is 14.3 Å². The van der Waals surface area contributed by atoms with E-state index in [4.69, 9.17) is 16.6 Å². The average Bonchev–Trinajstić information content (AvgIpc) is 2.23. The van der Waals surface area contributed by atoms with E-state index in [0.717, 1.165) is 6.07 Å². The van der Waals surface area contributed by atoms with Crippen LogP contribution < -0.4 is 11.5 Å². The van der Waals surface area contributed by atoms with E-state index in [1.54, 1.807) is 0 Å². The minimum absolute atomic E-state index is 0.00457. The van der Waals surface area contributed by atoms with Crippen molar-refractivity contribution in [3.05, 3.63) is 23.5 Å². The summed E-state index contributed by atoms with van der Waals surface area (Å²) in [5.74, 6) is -1.68. The van der Waals surface area contributed by atoms with Crippen molar-refractivity contribution in [2.24, 2.45) is 0 Å². The van der Waals surface area contributed by atoms with Crippen LogP contribution in [0.2, 0.25) is 0 Å². The van der Waals surface area contributed by atoms with Crippen molar-refractivity contribution in [2.45, 2.75) is 18.9 Å². The molecule has 1 rings (SSSR count). The summed E-state index contributed by atoms with van der Waals surface area (Å²) < 4.78 is 13.0. The van der Waals surface area contributed by atoms with Crippen molar-refractivity contribution >= 4 is 17.3 Å². The highest BCUT2D eigenvalue weighted by molar-refractivity contribution is 5.69. The van der Waals surface area contributed by atoms with Gasteiger partial charge in [-0.15, -0.1) is 0 Å². The molecule has 0 aliphatic heterocycles. The lowest BCUT2D eigenvalue weighted by Gasteiger charge is -2.14. The second-order valence-corrected chi connectivity index (χ2v) is 3.41. The molecular formula is C10H13FN2O3. The molecule has 0 aliphatic carbocycles. The molecule has 0 saturated heterocycles. The number of carboxylic acids is 1. The molecule has 1 unspecified atom stereocenters. The molecule has 0 heterocycles. The van der Waals surface area contributed by atoms with E-state index >= 15 is 0 Å². The van der Waals surface area contributed by atoms with Crippen LogP contribution in [-0.2, 0) is 4.79 Å². The first-order valence-electron chi connectivity index (χ1n) is 4.66. The van der Waals surface area contributed by atoms with Gasteiger partial charge in [0.05, 0.1) is 17.5 Å². The molecule has 6 N–H and O–H groups in total. The Kier molecular flexibility index (Phi) is 3.68. The maximum atomic E-state index is 13.0. The summed E-state index contributed by atoms with van der Waals surface area (Å²) >= 11 is 0. The number of carbonyl (C=O) groups is 1. The van der Waals surface area contributed by atoms with Gasteiger partial charge in [0.1, 0.15) is 5.82 Å². The second kappa shape index (κ2) is 4.80. The van der Waals surface area contributed by atoms with Gasteiger partial charge < -0.3 is 21.7 Å². The van der Waals surface area contributed by atoms with Gasteiger partial charge in [-0.25, -0.2) is 4.39 Å². The minimum Gasteiger partial charge on any atom is -0.481 e. The Hall–Kier alpha value is -1.82. The first kappa shape index (κ1) is 12.3. The Labute approximate surface area is 91.5 Å². The normalized spacial score (nSPS) is 12.4. The van der Waals surface area contributed by atoms with Crippen LogP contribution in [0.5, 0.6) is 0 Å². The van der Waals surface area contributed by atoms with Crippen molar-refractivity contribution in [1.29, 1.82) is 0 Å². The lowest BCUT2D eigenvalue weighted by atomic mass is 10.0. The van der Waals surface area contributed by atoms with Gasteiger partial charge in [0.15, 0.2) is 0 Å². The van der Waals surface area contributed by atoms with Gasteiger partial charge in [-0.2, -0.15) is 0 Å². The van der Waals surface area contributed by atoms with E-state index in [1.807, 2.05) is 0 Å². The topological polar surface area (TPSA) is 110 Å². The van der Waals surface area contributed by atoms with Gasteiger partial charge >= 0.3 is 5.97 Å². The fraction of sp³-hybridized carbons (Fsp3) is 0.300. The zero-order chi connectivity index (χ0) is 12.3. The standard InChI is InChI=1S/C10H13FN2O3/c11-6-2-1-5(9(12)10(6)13)7(14)3-4-8(15)16/h1-2,7,14H,3-4,12-13H2,(H,15,16). The number of aliphatic hydroxyl groups excluding tert-OH is 1. The first-order valence-corrected chi connectivity index (χ1v) is 4.66. The molecule has 6 heteroatoms. The van der Waals surface area contributed by atoms with Crippen molar-refractivity contribution < 1.29 is 19.4 Å². The third-order valence-corrected chi connectivity index (χ3v) is 2.26. The van der Waals surface area contributed by atoms with Gasteiger partial charge in [0.2, 0.25) is 0 Å². The SMILES string of the molecule is Nc1c(F)ccc(C(O)CCC(=O)O)c1N. The van der Waals surface area contributed by atoms with E-state index in [-0.39, 0.29) is 29.8 Å². The van der Waals surface area contributed by atoms with Crippen molar-refractivity contribution in [2.75, 3.05) is 11.5 Å². The predicted molar refractivity (Wildman–Crippen MR) is 57.1 cm³/mol. The number of rotatable bonds is 4. The molecule has 0 aromatic heterocycles. The zero-order valence-electron chi connectivity index (χ0n) is 8.48. The number of aliphatic carboxylic acids is 1. The van der Waals surface area contributed by atoms with Gasteiger partial charge in [0.25, 0.3) is 0 Å². The maximum Gasteiger partial charge on any atom is 0.303 e. The molecular weight excluding hydrogens is 215 g/mol. The molecule has 0 fully saturated rings. The highest BCUT2D eigenvalue weighted by Crippen LogP contribution is 2.30. The molecule has 88 valence electrons. The Balaban J connectivity index is 2.87. The summed E-state index contributed by atoms with van der Waals surface area (Å²) in [6.07, 6.45) is -1.25. The molecule has 0 saturated carbocycles. The number of carboxylic acid groups (broad SMARTS) is 1. The number of nitrogen functional groups attached to an aromatic ring is 2. The quantitative estimate of drug-likeness (QED) is 0.572. The van der Waals surface area contributed by atoms with Gasteiger partial charge in [0, 0.05) is 12.0 Å². The van der Waals surface area contributed by atoms with Crippen LogP contribution in [0.3, 0.4) is 0 Å². The summed E-state index contributed by atoms with van der Waals surface area (Å²) in [6.45, 7) is 0. The molecule has 0 bridgehead atoms. The largest absolute Gasteiger partial charge is 0.481 e. The van der Waals surface area contributed by atoms with E-state index in [2.05, 4.69) is 0 Å². The van der Waals surface area contributed by atoms with Crippen LogP contribution in [0.1, 0.15) is 24.5 Å². The van der Waals surface area contributed by atoms with Gasteiger partial charge in [-0.1, -0.05) is 6.07 Å². The summed E-state index contributed by atoms with van der Waals surface area (Å²) in [7, 11) is 0. The van der Waals surface area contributed by atoms with Crippen LogP contribution in [0.15, 0.2) is 12.1 Å². The lowest BCUT2D eigenvalue weighted by Crippen LogP contribution is -2.08. The Morgan fingerprint density at radius 3 is 2.56 bits per heavy atom. The fourth-order valence-corrected chi connectivity index (χ4v) is 1.33. The molecule has 1 aromatic rings. The van der Waals surface area contributed by atoms with Gasteiger partial charge in [-0.05, 0) is 12.5 Å². The smallest absolute Gasteiger partial charge is 0.303 e. The summed E-state index contributed by atoms with van der Waals surface area (Å²) in [4.78, 5) is 10.3. The Bertz CT molecular complexity index is 409. The van der Waals surface area contributed by atoms with Crippen molar-refractivity contribution in [3.8, 4) is 0 Å². The third-order valence-electron chi connectivity index (χ3n) is 2.26. The average molecular weight is 228 g/mol. The monoisotopic (exact) mass is 228 g/mol. The predicted octanol–water partition coefficient (Wildman–Crippen LogP) is 0.888. The number of hydrogen-bond acceptors (Lipinski definition) is 4. The van der Waals surface area contributed by atoms with Crippen LogP contribution in [-0.4, -0.2) is 16.2 Å². The molecule has 1 aromatic carbocycles. The van der Waals surface area contributed by atoms with E-state index in [0.29, 0.717) is 0 Å². The Morgan fingerprint density at radius 1 is 1.38 bits per heavy atom. The van der Waals surface area contributed by atoms with Crippen LogP contribution >= 0.6 is 0 Å². The van der Waals surface area contributed by atoms with Crippen LogP contribution in [0.4, 0.5) is 15.8 Å². The number of nitrogens with two attached hydrogens (primary N) is 2. The number of halogens is 1. The highest BCUT2D eigenvalue weighted by Gasteiger charge is 2.16. The molecule has 0 spiro atoms. The van der Waals surface area contributed by atoms with Gasteiger partial charge in [-0.3, -0.25) is 4.79 Å². The number of anilines is 2. The first-order chi connectivity index (χ1) is 7.43. The van der Waals surface area contributed by atoms with Crippen molar-refractivity contribution in [1.82, 2.24) is 0 Å². The van der Waals surface area contributed by atoms with Crippen LogP contribution in [0.25, 0.3) is 0 Å². The molecule has 0 amide bonds. The van der Waals surface area contributed by atoms with Crippen LogP contribution in [0, 0.1) is 5.82 Å². The number of hydrogen-bond donors (Lipinski definition) is 4. The van der Waals surface area contributed by atoms with E-state index < -0.39 is 17.9 Å². The molecule has 5 nitrogen and oxygen atoms in total. The summed E-state index contributed by atoms with van der Waals surface area (Å²) in [6, 6.07) is 2.39. The fourth-order valence-electron chi connectivity index (χ4n) is 1.33. The molecule has 0 aliphatic rings.